The van der Waals surface area contributed by atoms with Crippen LogP contribution in [0.5, 0.6) is 11.5 Å². The van der Waals surface area contributed by atoms with Gasteiger partial charge in [-0.05, 0) is 30.7 Å². The molecule has 0 aromatic heterocycles. The van der Waals surface area contributed by atoms with Crippen molar-refractivity contribution in [1.29, 1.82) is 0 Å². The molecule has 0 saturated carbocycles. The topological polar surface area (TPSA) is 47.7 Å². The first-order valence-corrected chi connectivity index (χ1v) is 7.29. The maximum Gasteiger partial charge on any atom is 0.144 e. The van der Waals surface area contributed by atoms with Gasteiger partial charge in [0.05, 0.1) is 18.8 Å². The van der Waals surface area contributed by atoms with Crippen LogP contribution in [-0.2, 0) is 0 Å². The molecular weight excluding hydrogens is 264 g/mol. The number of hydrogen-bond donors (Lipinski definition) is 1. The van der Waals surface area contributed by atoms with Gasteiger partial charge in [0.25, 0.3) is 0 Å². The average molecular weight is 284 g/mol. The van der Waals surface area contributed by atoms with Crippen LogP contribution in [0.25, 0.3) is 0 Å². The lowest BCUT2D eigenvalue weighted by Crippen LogP contribution is -2.34. The molecule has 0 unspecified atom stereocenters. The van der Waals surface area contributed by atoms with Gasteiger partial charge >= 0.3 is 0 Å². The second-order valence-corrected chi connectivity index (χ2v) is 5.04. The van der Waals surface area contributed by atoms with Crippen LogP contribution in [0, 0.1) is 0 Å². The van der Waals surface area contributed by atoms with Crippen LogP contribution >= 0.6 is 0 Å². The molecule has 1 heterocycles. The number of para-hydroxylation sites is 2. The van der Waals surface area contributed by atoms with E-state index >= 15 is 0 Å². The molecule has 1 aliphatic heterocycles. The number of nitrogens with zero attached hydrogens (tertiary/aromatic N) is 1. The van der Waals surface area contributed by atoms with E-state index in [2.05, 4.69) is 4.90 Å². The molecule has 0 bridgehead atoms. The smallest absolute Gasteiger partial charge is 0.144 e. The third-order valence-corrected chi connectivity index (χ3v) is 3.55. The normalized spacial score (nSPS) is 13.4. The quantitative estimate of drug-likeness (QED) is 0.677. The molecule has 4 nitrogen and oxygen atoms in total. The van der Waals surface area contributed by atoms with E-state index < -0.39 is 0 Å². The molecule has 110 valence electrons. The highest BCUT2D eigenvalue weighted by Gasteiger charge is 2.19. The molecule has 0 saturated heterocycles. The van der Waals surface area contributed by atoms with Gasteiger partial charge in [-0.3, -0.25) is 0 Å². The Bertz CT molecular complexity index is 587. The van der Waals surface area contributed by atoms with E-state index in [0.29, 0.717) is 13.2 Å². The summed E-state index contributed by atoms with van der Waals surface area (Å²) in [6.07, 6.45) is 0.947. The molecule has 0 aliphatic carbocycles. The van der Waals surface area contributed by atoms with Crippen molar-refractivity contribution in [2.75, 3.05) is 36.9 Å². The van der Waals surface area contributed by atoms with Crippen molar-refractivity contribution in [1.82, 2.24) is 0 Å². The summed E-state index contributed by atoms with van der Waals surface area (Å²) in [6.45, 7) is 3.18. The fourth-order valence-corrected chi connectivity index (χ4v) is 2.56. The van der Waals surface area contributed by atoms with Gasteiger partial charge in [0.2, 0.25) is 0 Å². The summed E-state index contributed by atoms with van der Waals surface area (Å²) >= 11 is 0. The van der Waals surface area contributed by atoms with Crippen LogP contribution in [0.1, 0.15) is 6.42 Å². The van der Waals surface area contributed by atoms with Crippen LogP contribution in [0.15, 0.2) is 48.5 Å². The van der Waals surface area contributed by atoms with Gasteiger partial charge in [-0.15, -0.1) is 0 Å². The predicted molar refractivity (Wildman–Crippen MR) is 85.1 cm³/mol. The molecule has 0 atom stereocenters. The molecule has 0 spiro atoms. The first-order valence-electron chi connectivity index (χ1n) is 7.29. The van der Waals surface area contributed by atoms with Crippen molar-refractivity contribution in [3.05, 3.63) is 48.5 Å². The predicted octanol–water partition coefficient (Wildman–Crippen LogP) is 2.94. The van der Waals surface area contributed by atoms with E-state index in [1.54, 1.807) is 0 Å². The Kier molecular flexibility index (Phi) is 4.15. The number of benzene rings is 2. The minimum absolute atomic E-state index is 0.698. The highest BCUT2D eigenvalue weighted by Crippen LogP contribution is 2.36. The molecule has 3 rings (SSSR count). The number of nitrogens with two attached hydrogens (primary N) is 1. The van der Waals surface area contributed by atoms with Gasteiger partial charge in [-0.1, -0.05) is 24.3 Å². The molecule has 21 heavy (non-hydrogen) atoms. The molecule has 2 aromatic rings. The molecule has 0 fully saturated rings. The van der Waals surface area contributed by atoms with Crippen molar-refractivity contribution in [2.24, 2.45) is 0 Å². The first kappa shape index (κ1) is 13.6. The second kappa shape index (κ2) is 6.39. The molecule has 1 aliphatic rings. The molecule has 2 aromatic carbocycles. The Morgan fingerprint density at radius 1 is 1.10 bits per heavy atom. The Labute approximate surface area is 125 Å². The first-order chi connectivity index (χ1) is 10.3. The number of rotatable bonds is 5. The van der Waals surface area contributed by atoms with Crippen LogP contribution in [0.4, 0.5) is 11.4 Å². The van der Waals surface area contributed by atoms with E-state index in [9.17, 15) is 0 Å². The number of fused-ring (bicyclic) bond motifs is 1. The Hall–Kier alpha value is -2.36. The van der Waals surface area contributed by atoms with Gasteiger partial charge in [0.15, 0.2) is 0 Å². The maximum atomic E-state index is 6.07. The molecular formula is C17H20N2O2. The van der Waals surface area contributed by atoms with Crippen molar-refractivity contribution < 1.29 is 9.47 Å². The van der Waals surface area contributed by atoms with Crippen LogP contribution in [-0.4, -0.2) is 26.3 Å². The summed E-state index contributed by atoms with van der Waals surface area (Å²) in [4.78, 5) is 2.28. The van der Waals surface area contributed by atoms with Crippen molar-refractivity contribution in [2.45, 2.75) is 6.42 Å². The van der Waals surface area contributed by atoms with Crippen LogP contribution in [0.3, 0.4) is 0 Å². The minimum atomic E-state index is 0.698. The standard InChI is InChI=1S/C17H20N2O2/c18-15-8-4-9-16-17(15)19(11-13-21-16)10-5-12-20-14-6-2-1-3-7-14/h1-4,6-9H,5,10-13,18H2. The lowest BCUT2D eigenvalue weighted by Gasteiger charge is -2.32. The van der Waals surface area contributed by atoms with E-state index in [4.69, 9.17) is 15.2 Å². The third kappa shape index (κ3) is 3.21. The molecule has 0 radical (unpaired) electrons. The van der Waals surface area contributed by atoms with Crippen LogP contribution < -0.4 is 20.1 Å². The van der Waals surface area contributed by atoms with Crippen molar-refractivity contribution in [3.8, 4) is 11.5 Å². The van der Waals surface area contributed by atoms with E-state index in [1.807, 2.05) is 48.5 Å². The fraction of sp³-hybridized carbons (Fsp3) is 0.294. The Morgan fingerprint density at radius 2 is 1.95 bits per heavy atom. The number of ether oxygens (including phenoxy) is 2. The zero-order valence-corrected chi connectivity index (χ0v) is 12.0. The monoisotopic (exact) mass is 284 g/mol. The SMILES string of the molecule is Nc1cccc2c1N(CCCOc1ccccc1)CCO2. The summed E-state index contributed by atoms with van der Waals surface area (Å²) in [6, 6.07) is 15.7. The highest BCUT2D eigenvalue weighted by atomic mass is 16.5. The Morgan fingerprint density at radius 3 is 2.81 bits per heavy atom. The molecule has 2 N–H and O–H groups in total. The van der Waals surface area contributed by atoms with E-state index in [0.717, 1.165) is 42.4 Å². The van der Waals surface area contributed by atoms with Crippen molar-refractivity contribution >= 4 is 11.4 Å². The summed E-state index contributed by atoms with van der Waals surface area (Å²) in [7, 11) is 0. The van der Waals surface area contributed by atoms with Gasteiger partial charge in [0.1, 0.15) is 23.8 Å². The number of anilines is 2. The third-order valence-electron chi connectivity index (χ3n) is 3.55. The fourth-order valence-electron chi connectivity index (χ4n) is 2.56. The van der Waals surface area contributed by atoms with Crippen molar-refractivity contribution in [3.63, 3.8) is 0 Å². The summed E-state index contributed by atoms with van der Waals surface area (Å²) < 4.78 is 11.4. The lowest BCUT2D eigenvalue weighted by molar-refractivity contribution is 0.293. The summed E-state index contributed by atoms with van der Waals surface area (Å²) in [5.74, 6) is 1.80. The summed E-state index contributed by atoms with van der Waals surface area (Å²) in [5, 5.41) is 0. The number of hydrogen-bond acceptors (Lipinski definition) is 4. The molecule has 0 amide bonds. The van der Waals surface area contributed by atoms with Crippen LogP contribution in [0.2, 0.25) is 0 Å². The minimum Gasteiger partial charge on any atom is -0.494 e. The van der Waals surface area contributed by atoms with E-state index in [-0.39, 0.29) is 0 Å². The van der Waals surface area contributed by atoms with Gasteiger partial charge in [-0.25, -0.2) is 0 Å². The second-order valence-electron chi connectivity index (χ2n) is 5.04. The van der Waals surface area contributed by atoms with Gasteiger partial charge in [-0.2, -0.15) is 0 Å². The lowest BCUT2D eigenvalue weighted by atomic mass is 10.2. The molecule has 4 heteroatoms. The highest BCUT2D eigenvalue weighted by molar-refractivity contribution is 5.75. The number of nitrogen functional groups attached to an aromatic ring is 1. The largest absolute Gasteiger partial charge is 0.494 e. The van der Waals surface area contributed by atoms with E-state index in [1.165, 1.54) is 0 Å². The Balaban J connectivity index is 1.55. The zero-order valence-electron chi connectivity index (χ0n) is 12.0. The van der Waals surface area contributed by atoms with Gasteiger partial charge in [0, 0.05) is 6.54 Å². The maximum absolute atomic E-state index is 6.07. The summed E-state index contributed by atoms with van der Waals surface area (Å²) in [5.41, 5.74) is 7.87. The van der Waals surface area contributed by atoms with Gasteiger partial charge < -0.3 is 20.1 Å². The zero-order chi connectivity index (χ0) is 14.5. The average Bonchev–Trinajstić information content (AvgIpc) is 2.53.